The molecule has 1 unspecified atom stereocenters. The quantitative estimate of drug-likeness (QED) is 0.0261. The van der Waals surface area contributed by atoms with Gasteiger partial charge in [0.1, 0.15) is 13.2 Å². The molecule has 426 valence electrons. The Bertz CT molecular complexity index is 1880. The van der Waals surface area contributed by atoms with Gasteiger partial charge in [0.05, 0.1) is 0 Å². The van der Waals surface area contributed by atoms with Crippen molar-refractivity contribution in [2.24, 2.45) is 0 Å². The molecular formula is C71H106O6. The standard InChI is InChI=1S/C71H106O6/c1-4-7-10-13-16-19-22-25-27-29-31-32-33-34-35-36-37-38-40-41-43-46-49-52-55-58-61-64-70(73)76-67-68(66-75-69(72)63-60-57-54-51-48-45-24-21-18-15-12-9-6-3)77-71(74)65-62-59-56-53-50-47-44-42-39-30-28-26-23-20-17-14-11-8-5-2/h7-12,16-21,25-28,31-32,34-35,37-39,41-43,45,47-50,52,68H,4-6,13-15,22-24,29-30,33,36,40,44,46,51,53-67H2,1-3H3/b10-7-,11-8-,12-9-,19-16-,20-17-,21-18-,27-25-,28-26-,32-31-,35-34-,38-37-,42-39-,43-41-,48-45-,50-47-,52-49-. The second-order valence-corrected chi connectivity index (χ2v) is 18.8. The Hall–Kier alpha value is -5.75. The maximum atomic E-state index is 12.9. The summed E-state index contributed by atoms with van der Waals surface area (Å²) in [6.07, 6.45) is 95.7. The van der Waals surface area contributed by atoms with Crippen molar-refractivity contribution in [1.82, 2.24) is 0 Å². The number of allylic oxidation sites excluding steroid dienone is 32. The van der Waals surface area contributed by atoms with Gasteiger partial charge in [-0.05, 0) is 161 Å². The number of carbonyl (C=O) groups excluding carboxylic acids is 3. The fraction of sp³-hybridized carbons (Fsp3) is 0.507. The summed E-state index contributed by atoms with van der Waals surface area (Å²) in [5.74, 6) is -1.05. The number of esters is 3. The Balaban J connectivity index is 4.55. The van der Waals surface area contributed by atoms with Gasteiger partial charge >= 0.3 is 17.9 Å². The summed E-state index contributed by atoms with van der Waals surface area (Å²) >= 11 is 0. The van der Waals surface area contributed by atoms with E-state index in [9.17, 15) is 14.4 Å². The minimum atomic E-state index is -0.839. The minimum Gasteiger partial charge on any atom is -0.462 e. The zero-order valence-corrected chi connectivity index (χ0v) is 48.6. The van der Waals surface area contributed by atoms with E-state index in [1.165, 1.54) is 0 Å². The molecule has 0 aliphatic rings. The normalized spacial score (nSPS) is 13.5. The van der Waals surface area contributed by atoms with Crippen LogP contribution >= 0.6 is 0 Å². The van der Waals surface area contributed by atoms with Crippen molar-refractivity contribution in [3.63, 3.8) is 0 Å². The van der Waals surface area contributed by atoms with Crippen molar-refractivity contribution in [3.05, 3.63) is 194 Å². The van der Waals surface area contributed by atoms with Crippen molar-refractivity contribution < 1.29 is 28.6 Å². The molecule has 77 heavy (non-hydrogen) atoms. The third-order valence-electron chi connectivity index (χ3n) is 11.6. The Labute approximate surface area is 471 Å². The van der Waals surface area contributed by atoms with Crippen LogP contribution in [-0.2, 0) is 28.6 Å². The summed E-state index contributed by atoms with van der Waals surface area (Å²) in [6.45, 7) is 6.18. The fourth-order valence-electron chi connectivity index (χ4n) is 7.20. The topological polar surface area (TPSA) is 78.9 Å². The molecular weight excluding hydrogens is 949 g/mol. The summed E-state index contributed by atoms with van der Waals surface area (Å²) in [7, 11) is 0. The maximum absolute atomic E-state index is 12.9. The molecule has 0 saturated heterocycles. The average molecular weight is 1060 g/mol. The van der Waals surface area contributed by atoms with Crippen molar-refractivity contribution in [3.8, 4) is 0 Å². The largest absolute Gasteiger partial charge is 0.462 e. The summed E-state index contributed by atoms with van der Waals surface area (Å²) in [6, 6.07) is 0. The van der Waals surface area contributed by atoms with E-state index in [-0.39, 0.29) is 44.0 Å². The van der Waals surface area contributed by atoms with E-state index in [1.807, 2.05) is 0 Å². The third-order valence-corrected chi connectivity index (χ3v) is 11.6. The van der Waals surface area contributed by atoms with Crippen LogP contribution in [0.15, 0.2) is 194 Å². The van der Waals surface area contributed by atoms with E-state index in [0.717, 1.165) is 161 Å². The molecule has 0 saturated carbocycles. The molecule has 0 spiro atoms. The third kappa shape index (κ3) is 61.0. The number of unbranched alkanes of at least 4 members (excludes halogenated alkanes) is 8. The summed E-state index contributed by atoms with van der Waals surface area (Å²) < 4.78 is 16.8. The Morgan fingerprint density at radius 1 is 0.260 bits per heavy atom. The monoisotopic (exact) mass is 1050 g/mol. The lowest BCUT2D eigenvalue weighted by molar-refractivity contribution is -0.167. The average Bonchev–Trinajstić information content (AvgIpc) is 3.43. The molecule has 6 nitrogen and oxygen atoms in total. The van der Waals surface area contributed by atoms with Crippen molar-refractivity contribution >= 4 is 17.9 Å². The van der Waals surface area contributed by atoms with Gasteiger partial charge < -0.3 is 14.2 Å². The van der Waals surface area contributed by atoms with E-state index >= 15 is 0 Å². The maximum Gasteiger partial charge on any atom is 0.306 e. The van der Waals surface area contributed by atoms with Crippen molar-refractivity contribution in [2.75, 3.05) is 13.2 Å². The molecule has 0 aromatic rings. The lowest BCUT2D eigenvalue weighted by Gasteiger charge is -2.18. The zero-order chi connectivity index (χ0) is 55.7. The second-order valence-electron chi connectivity index (χ2n) is 18.8. The molecule has 0 amide bonds. The van der Waals surface area contributed by atoms with Crippen molar-refractivity contribution in [1.29, 1.82) is 0 Å². The first-order valence-corrected chi connectivity index (χ1v) is 29.9. The Morgan fingerprint density at radius 3 is 0.727 bits per heavy atom. The van der Waals surface area contributed by atoms with Gasteiger partial charge in [-0.2, -0.15) is 0 Å². The first-order valence-electron chi connectivity index (χ1n) is 29.9. The molecule has 0 N–H and O–H groups in total. The highest BCUT2D eigenvalue weighted by Crippen LogP contribution is 2.11. The Morgan fingerprint density at radius 2 is 0.468 bits per heavy atom. The van der Waals surface area contributed by atoms with Crippen LogP contribution in [0.25, 0.3) is 0 Å². The van der Waals surface area contributed by atoms with Gasteiger partial charge in [-0.1, -0.05) is 228 Å². The van der Waals surface area contributed by atoms with E-state index in [1.54, 1.807) is 0 Å². The van der Waals surface area contributed by atoms with Gasteiger partial charge in [-0.3, -0.25) is 14.4 Å². The summed E-state index contributed by atoms with van der Waals surface area (Å²) in [5, 5.41) is 0. The summed E-state index contributed by atoms with van der Waals surface area (Å²) in [5.41, 5.74) is 0. The van der Waals surface area contributed by atoms with Gasteiger partial charge in [0.25, 0.3) is 0 Å². The minimum absolute atomic E-state index is 0.132. The zero-order valence-electron chi connectivity index (χ0n) is 48.6. The van der Waals surface area contributed by atoms with E-state index in [4.69, 9.17) is 14.2 Å². The predicted octanol–water partition coefficient (Wildman–Crippen LogP) is 20.6. The lowest BCUT2D eigenvalue weighted by Crippen LogP contribution is -2.30. The highest BCUT2D eigenvalue weighted by Gasteiger charge is 2.19. The van der Waals surface area contributed by atoms with Crippen LogP contribution < -0.4 is 0 Å². The number of ether oxygens (including phenoxy) is 3. The van der Waals surface area contributed by atoms with Crippen LogP contribution in [-0.4, -0.2) is 37.2 Å². The van der Waals surface area contributed by atoms with Gasteiger partial charge in [0, 0.05) is 19.3 Å². The molecule has 1 atom stereocenters. The molecule has 0 aromatic carbocycles. The molecule has 0 aliphatic carbocycles. The van der Waals surface area contributed by atoms with Gasteiger partial charge in [-0.15, -0.1) is 0 Å². The molecule has 0 aliphatic heterocycles. The first kappa shape index (κ1) is 71.2. The van der Waals surface area contributed by atoms with Crippen LogP contribution in [0.4, 0.5) is 0 Å². The number of carbonyl (C=O) groups is 3. The number of hydrogen-bond acceptors (Lipinski definition) is 6. The predicted molar refractivity (Wildman–Crippen MR) is 334 cm³/mol. The molecule has 0 heterocycles. The number of hydrogen-bond donors (Lipinski definition) is 0. The van der Waals surface area contributed by atoms with Crippen molar-refractivity contribution in [2.45, 2.75) is 219 Å². The SMILES string of the molecule is CC/C=C\C/C=C\C/C=C\C/C=C\C/C=C\C/C=C\C/C=C\C/C=C\CCCCC(=O)OCC(COC(=O)CCCCC/C=C\C/C=C\C/C=C\CC)OC(=O)CCCCC/C=C\C/C=C\C/C=C\C/C=C\C/C=C\CC. The molecule has 0 aromatic heterocycles. The fourth-order valence-corrected chi connectivity index (χ4v) is 7.20. The van der Waals surface area contributed by atoms with Gasteiger partial charge in [0.2, 0.25) is 0 Å². The smallest absolute Gasteiger partial charge is 0.306 e. The van der Waals surface area contributed by atoms with Crippen LogP contribution in [0, 0.1) is 0 Å². The highest BCUT2D eigenvalue weighted by atomic mass is 16.6. The molecule has 6 heteroatoms. The van der Waals surface area contributed by atoms with E-state index in [0.29, 0.717) is 19.3 Å². The molecule has 0 bridgehead atoms. The molecule has 0 radical (unpaired) electrons. The van der Waals surface area contributed by atoms with Crippen LogP contribution in [0.1, 0.15) is 213 Å². The molecule has 0 rings (SSSR count). The van der Waals surface area contributed by atoms with Crippen LogP contribution in [0.3, 0.4) is 0 Å². The highest BCUT2D eigenvalue weighted by molar-refractivity contribution is 5.71. The summed E-state index contributed by atoms with van der Waals surface area (Å²) in [4.78, 5) is 38.2. The first-order chi connectivity index (χ1) is 38.0. The Kier molecular flexibility index (Phi) is 58.1. The number of rotatable bonds is 51. The van der Waals surface area contributed by atoms with E-state index < -0.39 is 6.10 Å². The van der Waals surface area contributed by atoms with Gasteiger partial charge in [0.15, 0.2) is 6.10 Å². The molecule has 0 fully saturated rings. The van der Waals surface area contributed by atoms with Crippen LogP contribution in [0.2, 0.25) is 0 Å². The van der Waals surface area contributed by atoms with E-state index in [2.05, 4.69) is 215 Å². The van der Waals surface area contributed by atoms with Crippen LogP contribution in [0.5, 0.6) is 0 Å². The lowest BCUT2D eigenvalue weighted by atomic mass is 10.1. The second kappa shape index (κ2) is 62.8. The van der Waals surface area contributed by atoms with Gasteiger partial charge in [-0.25, -0.2) is 0 Å².